The molecule has 7 rings (SSSR count). The van der Waals surface area contributed by atoms with E-state index in [0.29, 0.717) is 37.6 Å². The Bertz CT molecular complexity index is 1610. The Labute approximate surface area is 301 Å². The number of hydrogen-bond acceptors (Lipinski definition) is 10. The van der Waals surface area contributed by atoms with Gasteiger partial charge in [0.15, 0.2) is 11.8 Å². The molecular weight excluding hydrogens is 646 g/mol. The molecule has 3 atom stereocenters. The van der Waals surface area contributed by atoms with Gasteiger partial charge in [-0.05, 0) is 152 Å². The number of phenolic OH excluding ortho intramolecular Hbond substituents is 1. The number of amides is 2. The third kappa shape index (κ3) is 8.74. The highest BCUT2D eigenvalue weighted by molar-refractivity contribution is 5.90. The molecule has 7 N–H and O–H groups in total. The fourth-order valence-electron chi connectivity index (χ4n) is 9.41. The Morgan fingerprint density at radius 2 is 1.69 bits per heavy atom. The molecule has 4 saturated carbocycles. The van der Waals surface area contributed by atoms with Crippen molar-refractivity contribution < 1.29 is 19.2 Å². The second kappa shape index (κ2) is 15.7. The number of carbonyl (C=O) groups excluding carboxylic acids is 2. The summed E-state index contributed by atoms with van der Waals surface area (Å²) in [7, 11) is 4.10. The van der Waals surface area contributed by atoms with Crippen LogP contribution in [0.3, 0.4) is 0 Å². The van der Waals surface area contributed by atoms with Crippen LogP contribution < -0.4 is 22.1 Å². The SMILES string of the molecule is Cc1cc(O)cc(C)c1C[C@H](NC(=O)[C@H](N)CCCn1ccnc1N)C(=O)N[C@@H](CCCCN(C)C)c1nc(C23CC4CC(CC(C4)C2)C3)no1. The average molecular weight is 704 g/mol. The second-order valence-electron chi connectivity index (χ2n) is 16.1. The maximum absolute atomic E-state index is 14.3. The first-order valence-corrected chi connectivity index (χ1v) is 18.8. The topological polar surface area (TPSA) is 190 Å². The van der Waals surface area contributed by atoms with Crippen molar-refractivity contribution >= 4 is 17.8 Å². The molecule has 4 aliphatic rings. The van der Waals surface area contributed by atoms with E-state index in [0.717, 1.165) is 78.9 Å². The molecule has 4 fully saturated rings. The molecule has 13 heteroatoms. The van der Waals surface area contributed by atoms with Gasteiger partial charge in [0.2, 0.25) is 17.7 Å². The third-order valence-corrected chi connectivity index (χ3v) is 11.6. The number of anilines is 1. The molecule has 4 aliphatic carbocycles. The minimum atomic E-state index is -0.926. The van der Waals surface area contributed by atoms with Crippen molar-refractivity contribution in [2.45, 2.75) is 121 Å². The minimum Gasteiger partial charge on any atom is -0.508 e. The summed E-state index contributed by atoms with van der Waals surface area (Å²) in [5.41, 5.74) is 14.8. The molecular formula is C38H57N9O4. The van der Waals surface area contributed by atoms with Crippen LogP contribution in [0.2, 0.25) is 0 Å². The van der Waals surface area contributed by atoms with E-state index in [9.17, 15) is 14.7 Å². The molecule has 4 bridgehead atoms. The van der Waals surface area contributed by atoms with Crippen LogP contribution in [0.4, 0.5) is 5.95 Å². The van der Waals surface area contributed by atoms with Gasteiger partial charge >= 0.3 is 0 Å². The largest absolute Gasteiger partial charge is 0.508 e. The van der Waals surface area contributed by atoms with Crippen LogP contribution in [0.5, 0.6) is 5.75 Å². The lowest BCUT2D eigenvalue weighted by molar-refractivity contribution is -0.130. The molecule has 1 aromatic carbocycles. The number of aromatic hydroxyl groups is 1. The molecule has 2 amide bonds. The van der Waals surface area contributed by atoms with E-state index in [4.69, 9.17) is 21.0 Å². The predicted molar refractivity (Wildman–Crippen MR) is 195 cm³/mol. The fraction of sp³-hybridized carbons (Fsp3) is 0.658. The monoisotopic (exact) mass is 703 g/mol. The first kappa shape index (κ1) is 36.8. The Kier molecular flexibility index (Phi) is 11.4. The number of imidazole rings is 1. The molecule has 13 nitrogen and oxygen atoms in total. The van der Waals surface area contributed by atoms with Gasteiger partial charge in [0.25, 0.3) is 0 Å². The Morgan fingerprint density at radius 1 is 1.02 bits per heavy atom. The van der Waals surface area contributed by atoms with Crippen LogP contribution in [0.15, 0.2) is 29.0 Å². The summed E-state index contributed by atoms with van der Waals surface area (Å²) < 4.78 is 7.82. The summed E-state index contributed by atoms with van der Waals surface area (Å²) in [6, 6.07) is 1.08. The van der Waals surface area contributed by atoms with E-state index < -0.39 is 24.0 Å². The first-order valence-electron chi connectivity index (χ1n) is 18.8. The fourth-order valence-corrected chi connectivity index (χ4v) is 9.41. The zero-order valence-corrected chi connectivity index (χ0v) is 30.7. The van der Waals surface area contributed by atoms with Gasteiger partial charge < -0.3 is 41.2 Å². The number of aryl methyl sites for hydroxylation is 3. The highest BCUT2D eigenvalue weighted by Crippen LogP contribution is 2.60. The quantitative estimate of drug-likeness (QED) is 0.128. The van der Waals surface area contributed by atoms with Crippen molar-refractivity contribution in [3.8, 4) is 5.75 Å². The minimum absolute atomic E-state index is 0.0276. The van der Waals surface area contributed by atoms with Crippen LogP contribution in [0.1, 0.15) is 105 Å². The molecule has 51 heavy (non-hydrogen) atoms. The van der Waals surface area contributed by atoms with Gasteiger partial charge in [0.1, 0.15) is 17.8 Å². The third-order valence-electron chi connectivity index (χ3n) is 11.6. The molecule has 0 aliphatic heterocycles. The lowest BCUT2D eigenvalue weighted by atomic mass is 9.49. The molecule has 0 radical (unpaired) electrons. The van der Waals surface area contributed by atoms with Gasteiger partial charge in [0.05, 0.1) is 6.04 Å². The summed E-state index contributed by atoms with van der Waals surface area (Å²) in [4.78, 5) is 39.1. The molecule has 2 heterocycles. The Hall–Kier alpha value is -3.97. The van der Waals surface area contributed by atoms with Crippen LogP contribution >= 0.6 is 0 Å². The van der Waals surface area contributed by atoms with Crippen molar-refractivity contribution in [3.05, 3.63) is 52.9 Å². The van der Waals surface area contributed by atoms with Gasteiger partial charge in [-0.3, -0.25) is 9.59 Å². The Morgan fingerprint density at radius 3 is 2.29 bits per heavy atom. The van der Waals surface area contributed by atoms with Crippen LogP contribution in [0, 0.1) is 31.6 Å². The van der Waals surface area contributed by atoms with E-state index in [1.807, 2.05) is 32.5 Å². The number of carbonyl (C=O) groups is 2. The number of hydrogen-bond donors (Lipinski definition) is 5. The first-order chi connectivity index (χ1) is 24.4. The average Bonchev–Trinajstić information content (AvgIpc) is 3.72. The predicted octanol–water partition coefficient (Wildman–Crippen LogP) is 4.06. The summed E-state index contributed by atoms with van der Waals surface area (Å²) in [6.45, 7) is 5.29. The lowest BCUT2D eigenvalue weighted by Crippen LogP contribution is -2.53. The van der Waals surface area contributed by atoms with Gasteiger partial charge in [-0.2, -0.15) is 4.98 Å². The number of phenols is 1. The number of benzene rings is 1. The van der Waals surface area contributed by atoms with E-state index >= 15 is 0 Å². The molecule has 2 aromatic heterocycles. The Balaban J connectivity index is 1.20. The summed E-state index contributed by atoms with van der Waals surface area (Å²) in [5, 5.41) is 21.0. The van der Waals surface area contributed by atoms with Crippen LogP contribution in [-0.2, 0) is 28.0 Å². The van der Waals surface area contributed by atoms with Crippen molar-refractivity contribution in [3.63, 3.8) is 0 Å². The maximum atomic E-state index is 14.3. The van der Waals surface area contributed by atoms with Crippen LogP contribution in [-0.4, -0.2) is 74.2 Å². The van der Waals surface area contributed by atoms with Crippen molar-refractivity contribution in [2.75, 3.05) is 26.4 Å². The lowest BCUT2D eigenvalue weighted by Gasteiger charge is -2.55. The number of aromatic nitrogens is 4. The number of rotatable bonds is 17. The number of nitrogens with zero attached hydrogens (tertiary/aromatic N) is 5. The zero-order valence-electron chi connectivity index (χ0n) is 30.7. The van der Waals surface area contributed by atoms with Gasteiger partial charge in [-0.1, -0.05) is 5.16 Å². The molecule has 0 saturated heterocycles. The maximum Gasteiger partial charge on any atom is 0.249 e. The molecule has 0 spiro atoms. The van der Waals surface area contributed by atoms with Gasteiger partial charge in [-0.25, -0.2) is 4.98 Å². The molecule has 0 unspecified atom stereocenters. The van der Waals surface area contributed by atoms with E-state index in [1.165, 1.54) is 19.3 Å². The summed E-state index contributed by atoms with van der Waals surface area (Å²) in [5.74, 6) is 3.26. The highest BCUT2D eigenvalue weighted by atomic mass is 16.5. The normalized spacial score (nSPS) is 24.1. The molecule has 278 valence electrons. The number of nitrogen functional groups attached to an aromatic ring is 1. The van der Waals surface area contributed by atoms with Crippen molar-refractivity contribution in [1.82, 2.24) is 35.2 Å². The summed E-state index contributed by atoms with van der Waals surface area (Å²) in [6.07, 6.45) is 14.4. The second-order valence-corrected chi connectivity index (χ2v) is 16.1. The van der Waals surface area contributed by atoms with Crippen molar-refractivity contribution in [2.24, 2.45) is 23.5 Å². The highest BCUT2D eigenvalue weighted by Gasteiger charge is 2.54. The van der Waals surface area contributed by atoms with Crippen LogP contribution in [0.25, 0.3) is 0 Å². The van der Waals surface area contributed by atoms with Gasteiger partial charge in [0, 0.05) is 30.8 Å². The van der Waals surface area contributed by atoms with E-state index in [2.05, 4.69) is 25.7 Å². The number of unbranched alkanes of at least 4 members (excludes halogenated alkanes) is 1. The smallest absolute Gasteiger partial charge is 0.249 e. The van der Waals surface area contributed by atoms with Crippen molar-refractivity contribution in [1.29, 1.82) is 0 Å². The van der Waals surface area contributed by atoms with Gasteiger partial charge in [-0.15, -0.1) is 0 Å². The summed E-state index contributed by atoms with van der Waals surface area (Å²) >= 11 is 0. The number of nitrogens with one attached hydrogen (secondary N) is 2. The van der Waals surface area contributed by atoms with E-state index in [-0.39, 0.29) is 23.5 Å². The molecule has 3 aromatic rings. The van der Waals surface area contributed by atoms with E-state index in [1.54, 1.807) is 24.5 Å². The zero-order chi connectivity index (χ0) is 36.3. The number of nitrogens with two attached hydrogens (primary N) is 2. The standard InChI is InChI=1S/C38H57N9O4/c1-23-14-28(48)15-24(2)29(23)19-32(43-33(49)30(39)8-7-12-47-13-10-41-37(47)40)34(50)42-31(9-5-6-11-46(3)4)35-44-36(45-51-35)38-20-25-16-26(21-38)18-27(17-25)22-38/h10,13-15,25-27,30-32,48H,5-9,11-12,16-22,39H2,1-4H3,(H2,40,41)(H,42,50)(H,43,49)/t25?,26?,27?,30-,31+,32+,38?/m1/s1.